The van der Waals surface area contributed by atoms with Gasteiger partial charge in [-0.05, 0) is 67.8 Å². The lowest BCUT2D eigenvalue weighted by atomic mass is 10.1. The molecular formula is C17H17ClO3. The predicted octanol–water partition coefficient (Wildman–Crippen LogP) is 4.25. The zero-order valence-corrected chi connectivity index (χ0v) is 13.0. The van der Waals surface area contributed by atoms with Gasteiger partial charge < -0.3 is 9.47 Å². The highest BCUT2D eigenvalue weighted by Gasteiger charge is 2.08. The van der Waals surface area contributed by atoms with Gasteiger partial charge in [0.15, 0.2) is 6.61 Å². The van der Waals surface area contributed by atoms with Crippen molar-refractivity contribution in [3.63, 3.8) is 0 Å². The van der Waals surface area contributed by atoms with Crippen LogP contribution < -0.4 is 9.47 Å². The smallest absolute Gasteiger partial charge is 0.349 e. The Bertz CT molecular complexity index is 645. The number of esters is 1. The lowest BCUT2D eigenvalue weighted by Crippen LogP contribution is -2.17. The van der Waals surface area contributed by atoms with E-state index < -0.39 is 5.97 Å². The first-order valence-corrected chi connectivity index (χ1v) is 7.00. The molecule has 0 aliphatic carbocycles. The van der Waals surface area contributed by atoms with Gasteiger partial charge in [0.1, 0.15) is 11.5 Å². The molecule has 21 heavy (non-hydrogen) atoms. The molecule has 0 fully saturated rings. The summed E-state index contributed by atoms with van der Waals surface area (Å²) < 4.78 is 10.7. The van der Waals surface area contributed by atoms with Crippen molar-refractivity contribution >= 4 is 17.6 Å². The van der Waals surface area contributed by atoms with Crippen LogP contribution in [0.4, 0.5) is 0 Å². The second-order valence-corrected chi connectivity index (χ2v) is 5.40. The quantitative estimate of drug-likeness (QED) is 0.626. The average Bonchev–Trinajstić information content (AvgIpc) is 2.40. The molecule has 0 aromatic heterocycles. The van der Waals surface area contributed by atoms with Gasteiger partial charge >= 0.3 is 5.97 Å². The first-order valence-electron chi connectivity index (χ1n) is 6.62. The highest BCUT2D eigenvalue weighted by Crippen LogP contribution is 2.21. The van der Waals surface area contributed by atoms with E-state index in [0.717, 1.165) is 16.7 Å². The summed E-state index contributed by atoms with van der Waals surface area (Å²) in [5.41, 5.74) is 3.04. The summed E-state index contributed by atoms with van der Waals surface area (Å²) in [5.74, 6) is 0.679. The van der Waals surface area contributed by atoms with E-state index in [0.29, 0.717) is 16.5 Å². The number of ether oxygens (including phenoxy) is 2. The van der Waals surface area contributed by atoms with Gasteiger partial charge in [0.2, 0.25) is 0 Å². The molecule has 0 unspecified atom stereocenters. The van der Waals surface area contributed by atoms with Crippen LogP contribution in [0.15, 0.2) is 36.4 Å². The highest BCUT2D eigenvalue weighted by atomic mass is 35.5. The molecular weight excluding hydrogens is 288 g/mol. The van der Waals surface area contributed by atoms with Gasteiger partial charge in [-0.15, -0.1) is 0 Å². The number of hydrogen-bond donors (Lipinski definition) is 0. The van der Waals surface area contributed by atoms with Crippen LogP contribution in [0.1, 0.15) is 16.7 Å². The number of benzene rings is 2. The molecule has 2 aromatic rings. The fourth-order valence-corrected chi connectivity index (χ4v) is 2.12. The maximum atomic E-state index is 11.8. The topological polar surface area (TPSA) is 35.5 Å². The Morgan fingerprint density at radius 1 is 1.00 bits per heavy atom. The summed E-state index contributed by atoms with van der Waals surface area (Å²) in [6.07, 6.45) is 0. The number of halogens is 1. The molecule has 0 amide bonds. The van der Waals surface area contributed by atoms with E-state index in [-0.39, 0.29) is 6.61 Å². The van der Waals surface area contributed by atoms with Gasteiger partial charge in [-0.3, -0.25) is 0 Å². The van der Waals surface area contributed by atoms with E-state index in [1.54, 1.807) is 18.2 Å². The molecule has 0 heterocycles. The van der Waals surface area contributed by atoms with Crippen LogP contribution in [0.25, 0.3) is 0 Å². The van der Waals surface area contributed by atoms with Crippen molar-refractivity contribution in [3.05, 3.63) is 58.1 Å². The molecule has 0 atom stereocenters. The summed E-state index contributed by atoms with van der Waals surface area (Å²) in [4.78, 5) is 11.8. The van der Waals surface area contributed by atoms with Crippen molar-refractivity contribution < 1.29 is 14.3 Å². The molecule has 0 bridgehead atoms. The maximum Gasteiger partial charge on any atom is 0.349 e. The maximum absolute atomic E-state index is 11.8. The van der Waals surface area contributed by atoms with Gasteiger partial charge in [0.05, 0.1) is 0 Å². The van der Waals surface area contributed by atoms with Crippen LogP contribution >= 0.6 is 11.6 Å². The van der Waals surface area contributed by atoms with Gasteiger partial charge in [0.25, 0.3) is 0 Å². The summed E-state index contributed by atoms with van der Waals surface area (Å²) in [7, 11) is 0. The minimum absolute atomic E-state index is 0.134. The lowest BCUT2D eigenvalue weighted by molar-refractivity contribution is -0.136. The molecule has 0 N–H and O–H groups in total. The second-order valence-electron chi connectivity index (χ2n) is 5.00. The minimum atomic E-state index is -0.448. The predicted molar refractivity (Wildman–Crippen MR) is 83.2 cm³/mol. The number of aryl methyl sites for hydroxylation is 3. The zero-order chi connectivity index (χ0) is 15.4. The fraction of sp³-hybridized carbons (Fsp3) is 0.235. The molecule has 0 saturated heterocycles. The van der Waals surface area contributed by atoms with E-state index in [2.05, 4.69) is 0 Å². The largest absolute Gasteiger partial charge is 0.482 e. The molecule has 0 aliphatic rings. The summed E-state index contributed by atoms with van der Waals surface area (Å²) in [6, 6.07) is 10.9. The average molecular weight is 305 g/mol. The molecule has 0 spiro atoms. The molecule has 2 aromatic carbocycles. The Kier molecular flexibility index (Phi) is 4.86. The van der Waals surface area contributed by atoms with E-state index in [9.17, 15) is 4.79 Å². The van der Waals surface area contributed by atoms with Crippen LogP contribution in [-0.2, 0) is 4.79 Å². The van der Waals surface area contributed by atoms with E-state index in [4.69, 9.17) is 21.1 Å². The Morgan fingerprint density at radius 2 is 1.67 bits per heavy atom. The van der Waals surface area contributed by atoms with Gasteiger partial charge in [-0.2, -0.15) is 0 Å². The first-order chi connectivity index (χ1) is 9.94. The minimum Gasteiger partial charge on any atom is -0.482 e. The summed E-state index contributed by atoms with van der Waals surface area (Å²) in [5, 5.41) is 0.640. The SMILES string of the molecule is Cc1cc(C)cc(OCC(=O)Oc2ccc(Cl)c(C)c2)c1. The van der Waals surface area contributed by atoms with Crippen LogP contribution in [0, 0.1) is 20.8 Å². The molecule has 0 saturated carbocycles. The molecule has 2 rings (SSSR count). The molecule has 3 nitrogen and oxygen atoms in total. The van der Waals surface area contributed by atoms with Gasteiger partial charge in [-0.1, -0.05) is 17.7 Å². The van der Waals surface area contributed by atoms with Crippen molar-refractivity contribution in [1.29, 1.82) is 0 Å². The molecule has 0 radical (unpaired) electrons. The van der Waals surface area contributed by atoms with Crippen molar-refractivity contribution in [2.45, 2.75) is 20.8 Å². The van der Waals surface area contributed by atoms with Gasteiger partial charge in [0, 0.05) is 5.02 Å². The molecule has 0 aliphatic heterocycles. The summed E-state index contributed by atoms with van der Waals surface area (Å²) in [6.45, 7) is 5.68. The fourth-order valence-electron chi connectivity index (χ4n) is 2.00. The van der Waals surface area contributed by atoms with E-state index >= 15 is 0 Å². The van der Waals surface area contributed by atoms with Crippen molar-refractivity contribution in [2.24, 2.45) is 0 Å². The Hall–Kier alpha value is -2.00. The van der Waals surface area contributed by atoms with Crippen LogP contribution in [-0.4, -0.2) is 12.6 Å². The van der Waals surface area contributed by atoms with Crippen LogP contribution in [0.5, 0.6) is 11.5 Å². The molecule has 4 heteroatoms. The first kappa shape index (κ1) is 15.4. The normalized spacial score (nSPS) is 10.3. The zero-order valence-electron chi connectivity index (χ0n) is 12.3. The van der Waals surface area contributed by atoms with E-state index in [1.165, 1.54) is 0 Å². The Morgan fingerprint density at radius 3 is 2.29 bits per heavy atom. The van der Waals surface area contributed by atoms with Crippen LogP contribution in [0.3, 0.4) is 0 Å². The van der Waals surface area contributed by atoms with Gasteiger partial charge in [-0.25, -0.2) is 4.79 Å². The number of hydrogen-bond acceptors (Lipinski definition) is 3. The monoisotopic (exact) mass is 304 g/mol. The van der Waals surface area contributed by atoms with Crippen molar-refractivity contribution in [1.82, 2.24) is 0 Å². The Balaban J connectivity index is 1.94. The van der Waals surface area contributed by atoms with E-state index in [1.807, 2.05) is 39.0 Å². The molecule has 110 valence electrons. The van der Waals surface area contributed by atoms with Crippen molar-refractivity contribution in [3.8, 4) is 11.5 Å². The standard InChI is InChI=1S/C17H17ClO3/c1-11-6-12(2)8-15(7-11)20-10-17(19)21-14-4-5-16(18)13(3)9-14/h4-9H,10H2,1-3H3. The van der Waals surface area contributed by atoms with Crippen LogP contribution in [0.2, 0.25) is 5.02 Å². The second kappa shape index (κ2) is 6.64. The summed E-state index contributed by atoms with van der Waals surface area (Å²) >= 11 is 5.92. The third kappa shape index (κ3) is 4.50. The Labute approximate surface area is 129 Å². The highest BCUT2D eigenvalue weighted by molar-refractivity contribution is 6.31. The van der Waals surface area contributed by atoms with Crippen molar-refractivity contribution in [2.75, 3.05) is 6.61 Å². The lowest BCUT2D eigenvalue weighted by Gasteiger charge is -2.09. The third-order valence-electron chi connectivity index (χ3n) is 2.91. The third-order valence-corrected chi connectivity index (χ3v) is 3.34. The number of rotatable bonds is 4. The number of carbonyl (C=O) groups is 1. The number of carbonyl (C=O) groups excluding carboxylic acids is 1.